The number of amides is 1. The van der Waals surface area contributed by atoms with Crippen molar-refractivity contribution in [1.82, 2.24) is 24.8 Å². The topological polar surface area (TPSA) is 85.0 Å². The first-order valence-electron chi connectivity index (χ1n) is 9.65. The Morgan fingerprint density at radius 2 is 1.93 bits per heavy atom. The van der Waals surface area contributed by atoms with Gasteiger partial charge in [0.15, 0.2) is 17.3 Å². The van der Waals surface area contributed by atoms with E-state index in [9.17, 15) is 4.79 Å². The highest BCUT2D eigenvalue weighted by atomic mass is 16.3. The van der Waals surface area contributed by atoms with Gasteiger partial charge in [-0.2, -0.15) is 0 Å². The van der Waals surface area contributed by atoms with Crippen LogP contribution in [0.15, 0.2) is 65.6 Å². The lowest BCUT2D eigenvalue weighted by molar-refractivity contribution is 0.0698. The number of rotatable bonds is 3. The molecule has 5 rings (SSSR count). The highest BCUT2D eigenvalue weighted by Gasteiger charge is 2.29. The summed E-state index contributed by atoms with van der Waals surface area (Å²) in [5.74, 6) is 1.28. The zero-order valence-corrected chi connectivity index (χ0v) is 15.7. The minimum absolute atomic E-state index is 0.0662. The molecule has 0 saturated carbocycles. The van der Waals surface area contributed by atoms with Crippen molar-refractivity contribution in [1.29, 1.82) is 0 Å². The molecule has 1 aliphatic rings. The van der Waals surface area contributed by atoms with Crippen molar-refractivity contribution in [3.8, 4) is 11.4 Å². The summed E-state index contributed by atoms with van der Waals surface area (Å²) < 4.78 is 5.93. The van der Waals surface area contributed by atoms with E-state index >= 15 is 0 Å². The summed E-state index contributed by atoms with van der Waals surface area (Å²) >= 11 is 0. The fourth-order valence-electron chi connectivity index (χ4n) is 3.69. The average Bonchev–Trinajstić information content (AvgIpc) is 3.24. The monoisotopic (exact) mass is 385 g/mol. The van der Waals surface area contributed by atoms with Gasteiger partial charge in [-0.05, 0) is 37.1 Å². The van der Waals surface area contributed by atoms with Crippen molar-refractivity contribution >= 4 is 17.0 Å². The van der Waals surface area contributed by atoms with Gasteiger partial charge in [-0.3, -0.25) is 9.78 Å². The zero-order valence-electron chi connectivity index (χ0n) is 15.7. The maximum absolute atomic E-state index is 13.0. The molecule has 0 aliphatic carbocycles. The molecule has 1 saturated heterocycles. The number of hydrogen-bond acceptors (Lipinski definition) is 6. The molecule has 0 bridgehead atoms. The number of carbonyl (C=O) groups excluding carboxylic acids is 1. The summed E-state index contributed by atoms with van der Waals surface area (Å²) in [4.78, 5) is 32.2. The lowest BCUT2D eigenvalue weighted by atomic mass is 9.97. The molecule has 1 atom stereocenters. The van der Waals surface area contributed by atoms with E-state index in [1.807, 2.05) is 41.3 Å². The quantitative estimate of drug-likeness (QED) is 0.535. The molecule has 0 spiro atoms. The Hall–Kier alpha value is -3.61. The molecule has 29 heavy (non-hydrogen) atoms. The van der Waals surface area contributed by atoms with Crippen LogP contribution in [0.4, 0.5) is 0 Å². The number of likely N-dealkylation sites (tertiary alicyclic amines) is 1. The maximum Gasteiger partial charge on any atom is 0.257 e. The highest BCUT2D eigenvalue weighted by Crippen LogP contribution is 2.29. The van der Waals surface area contributed by atoms with Gasteiger partial charge in [-0.25, -0.2) is 15.0 Å². The van der Waals surface area contributed by atoms with E-state index in [-0.39, 0.29) is 11.8 Å². The van der Waals surface area contributed by atoms with Crippen molar-refractivity contribution in [3.05, 3.63) is 72.6 Å². The van der Waals surface area contributed by atoms with Crippen LogP contribution < -0.4 is 0 Å². The molecule has 7 nitrogen and oxygen atoms in total. The normalized spacial score (nSPS) is 16.8. The number of aromatic nitrogens is 4. The molecule has 3 aromatic heterocycles. The lowest BCUT2D eigenvalue weighted by Gasteiger charge is -2.31. The number of pyridine rings is 1. The molecule has 0 radical (unpaired) electrons. The molecular formula is C22H19N5O2. The molecule has 144 valence electrons. The SMILES string of the molecule is O=C(c1cnc(-c2cccnc2)nc1)N1CCCC(c2nc3ccccc3o2)C1. The number of fused-ring (bicyclic) bond motifs is 1. The zero-order chi connectivity index (χ0) is 19.6. The standard InChI is InChI=1S/C22H19N5O2/c28-22(17-12-24-20(25-13-17)15-5-3-9-23-11-15)27-10-4-6-16(14-27)21-26-18-7-1-2-8-19(18)29-21/h1-3,5,7-9,11-13,16H,4,6,10,14H2. The first-order valence-corrected chi connectivity index (χ1v) is 9.65. The van der Waals surface area contributed by atoms with Crippen LogP contribution in [0.3, 0.4) is 0 Å². The van der Waals surface area contributed by atoms with Crippen molar-refractivity contribution in [2.24, 2.45) is 0 Å². The van der Waals surface area contributed by atoms with E-state index in [0.29, 0.717) is 30.4 Å². The average molecular weight is 385 g/mol. The van der Waals surface area contributed by atoms with E-state index in [1.54, 1.807) is 24.8 Å². The summed E-state index contributed by atoms with van der Waals surface area (Å²) in [6, 6.07) is 11.5. The van der Waals surface area contributed by atoms with Crippen molar-refractivity contribution in [2.45, 2.75) is 18.8 Å². The minimum Gasteiger partial charge on any atom is -0.440 e. The third-order valence-corrected chi connectivity index (χ3v) is 5.19. The second-order valence-corrected chi connectivity index (χ2v) is 7.15. The molecule has 1 unspecified atom stereocenters. The minimum atomic E-state index is -0.0662. The Balaban J connectivity index is 1.33. The number of para-hydroxylation sites is 2. The van der Waals surface area contributed by atoms with Gasteiger partial charge in [-0.15, -0.1) is 0 Å². The summed E-state index contributed by atoms with van der Waals surface area (Å²) in [6.07, 6.45) is 8.43. The number of oxazole rings is 1. The van der Waals surface area contributed by atoms with E-state index in [2.05, 4.69) is 19.9 Å². The summed E-state index contributed by atoms with van der Waals surface area (Å²) in [5, 5.41) is 0. The van der Waals surface area contributed by atoms with Crippen LogP contribution in [0.25, 0.3) is 22.5 Å². The molecule has 1 aliphatic heterocycles. The van der Waals surface area contributed by atoms with Gasteiger partial charge in [0.25, 0.3) is 5.91 Å². The van der Waals surface area contributed by atoms with Crippen molar-refractivity contribution in [2.75, 3.05) is 13.1 Å². The number of carbonyl (C=O) groups is 1. The Morgan fingerprint density at radius 3 is 2.72 bits per heavy atom. The summed E-state index contributed by atoms with van der Waals surface area (Å²) in [7, 11) is 0. The predicted octanol–water partition coefficient (Wildman–Crippen LogP) is 3.70. The Labute approximate surface area is 167 Å². The van der Waals surface area contributed by atoms with Crippen LogP contribution in [-0.4, -0.2) is 43.8 Å². The van der Waals surface area contributed by atoms with Gasteiger partial charge in [0.1, 0.15) is 5.52 Å². The van der Waals surface area contributed by atoms with Gasteiger partial charge in [-0.1, -0.05) is 12.1 Å². The van der Waals surface area contributed by atoms with Crippen LogP contribution >= 0.6 is 0 Å². The highest BCUT2D eigenvalue weighted by molar-refractivity contribution is 5.93. The molecule has 4 heterocycles. The first kappa shape index (κ1) is 17.5. The van der Waals surface area contributed by atoms with Gasteiger partial charge in [0, 0.05) is 43.4 Å². The summed E-state index contributed by atoms with van der Waals surface area (Å²) in [5.41, 5.74) is 2.94. The molecule has 1 fully saturated rings. The first-order chi connectivity index (χ1) is 14.3. The molecule has 0 N–H and O–H groups in total. The van der Waals surface area contributed by atoms with Crippen LogP contribution in [0.5, 0.6) is 0 Å². The van der Waals surface area contributed by atoms with E-state index in [1.165, 1.54) is 0 Å². The van der Waals surface area contributed by atoms with Gasteiger partial charge >= 0.3 is 0 Å². The maximum atomic E-state index is 13.0. The third kappa shape index (κ3) is 3.47. The Morgan fingerprint density at radius 1 is 1.07 bits per heavy atom. The molecule has 1 amide bonds. The van der Waals surface area contributed by atoms with E-state index < -0.39 is 0 Å². The largest absolute Gasteiger partial charge is 0.440 e. The molecule has 4 aromatic rings. The predicted molar refractivity (Wildman–Crippen MR) is 107 cm³/mol. The van der Waals surface area contributed by atoms with Gasteiger partial charge in [0.2, 0.25) is 0 Å². The van der Waals surface area contributed by atoms with E-state index in [4.69, 9.17) is 4.42 Å². The Bertz CT molecular complexity index is 1110. The summed E-state index contributed by atoms with van der Waals surface area (Å²) in [6.45, 7) is 1.29. The third-order valence-electron chi connectivity index (χ3n) is 5.19. The number of nitrogens with zero attached hydrogens (tertiary/aromatic N) is 5. The number of benzene rings is 1. The van der Waals surface area contributed by atoms with Crippen molar-refractivity contribution in [3.63, 3.8) is 0 Å². The van der Waals surface area contributed by atoms with E-state index in [0.717, 1.165) is 29.5 Å². The number of piperidine rings is 1. The fourth-order valence-corrected chi connectivity index (χ4v) is 3.69. The number of hydrogen-bond donors (Lipinski definition) is 0. The van der Waals surface area contributed by atoms with Crippen LogP contribution in [0.2, 0.25) is 0 Å². The van der Waals surface area contributed by atoms with Crippen LogP contribution in [0.1, 0.15) is 35.0 Å². The molecular weight excluding hydrogens is 366 g/mol. The second kappa shape index (κ2) is 7.43. The van der Waals surface area contributed by atoms with Crippen molar-refractivity contribution < 1.29 is 9.21 Å². The fraction of sp³-hybridized carbons (Fsp3) is 0.227. The lowest BCUT2D eigenvalue weighted by Crippen LogP contribution is -2.39. The van der Waals surface area contributed by atoms with Gasteiger partial charge in [0.05, 0.1) is 11.5 Å². The van der Waals surface area contributed by atoms with Gasteiger partial charge < -0.3 is 9.32 Å². The molecule has 1 aromatic carbocycles. The van der Waals surface area contributed by atoms with Crippen LogP contribution in [0, 0.1) is 0 Å². The van der Waals surface area contributed by atoms with Crippen LogP contribution in [-0.2, 0) is 0 Å². The smallest absolute Gasteiger partial charge is 0.257 e. The Kier molecular flexibility index (Phi) is 4.48. The molecule has 7 heteroatoms. The second-order valence-electron chi connectivity index (χ2n) is 7.15.